The molecule has 1 fully saturated rings. The molecule has 0 spiro atoms. The average molecular weight is 355 g/mol. The maximum atomic E-state index is 12.4. The smallest absolute Gasteiger partial charge is 0.255 e. The molecule has 1 aromatic heterocycles. The highest BCUT2D eigenvalue weighted by molar-refractivity contribution is 6.00. The molecule has 2 amide bonds. The molecule has 26 heavy (non-hydrogen) atoms. The highest BCUT2D eigenvalue weighted by Crippen LogP contribution is 2.16. The Morgan fingerprint density at radius 3 is 2.73 bits per heavy atom. The van der Waals surface area contributed by atoms with Gasteiger partial charge in [-0.3, -0.25) is 14.5 Å². The third-order valence-electron chi connectivity index (χ3n) is 4.57. The Morgan fingerprint density at radius 1 is 1.19 bits per heavy atom. The number of furan rings is 1. The summed E-state index contributed by atoms with van der Waals surface area (Å²) in [4.78, 5) is 26.8. The molecule has 6 nitrogen and oxygen atoms in total. The molecular formula is C20H25N3O3. The van der Waals surface area contributed by atoms with Crippen molar-refractivity contribution in [2.75, 3.05) is 18.4 Å². The monoisotopic (exact) mass is 355 g/mol. The first kappa shape index (κ1) is 18.2. The number of amides is 2. The van der Waals surface area contributed by atoms with Crippen molar-refractivity contribution in [3.63, 3.8) is 0 Å². The first-order valence-electron chi connectivity index (χ1n) is 9.07. The summed E-state index contributed by atoms with van der Waals surface area (Å²) in [6.07, 6.45) is 6.60. The van der Waals surface area contributed by atoms with E-state index in [-0.39, 0.29) is 11.8 Å². The molecule has 2 N–H and O–H groups in total. The second-order valence-corrected chi connectivity index (χ2v) is 6.73. The van der Waals surface area contributed by atoms with Gasteiger partial charge in [0.25, 0.3) is 5.91 Å². The van der Waals surface area contributed by atoms with Crippen LogP contribution < -0.4 is 10.6 Å². The summed E-state index contributed by atoms with van der Waals surface area (Å²) in [6.45, 7) is 4.82. The largest absolute Gasteiger partial charge is 0.472 e. The van der Waals surface area contributed by atoms with Crippen LogP contribution in [0.1, 0.15) is 42.1 Å². The molecule has 1 saturated heterocycles. The maximum Gasteiger partial charge on any atom is 0.255 e. The zero-order valence-electron chi connectivity index (χ0n) is 15.0. The number of piperidine rings is 1. The first-order valence-corrected chi connectivity index (χ1v) is 9.07. The summed E-state index contributed by atoms with van der Waals surface area (Å²) in [7, 11) is 0. The van der Waals surface area contributed by atoms with Gasteiger partial charge in [-0.1, -0.05) is 18.6 Å². The third-order valence-corrected chi connectivity index (χ3v) is 4.57. The number of rotatable bonds is 6. The van der Waals surface area contributed by atoms with E-state index in [4.69, 9.17) is 4.42 Å². The van der Waals surface area contributed by atoms with Crippen molar-refractivity contribution in [3.05, 3.63) is 54.0 Å². The number of benzene rings is 1. The molecule has 3 rings (SSSR count). The van der Waals surface area contributed by atoms with Crippen LogP contribution in [0.2, 0.25) is 0 Å². The molecule has 6 heteroatoms. The lowest BCUT2D eigenvalue weighted by molar-refractivity contribution is -0.117. The highest BCUT2D eigenvalue weighted by atomic mass is 16.3. The topological polar surface area (TPSA) is 74.6 Å². The molecule has 0 saturated carbocycles. The molecule has 0 unspecified atom stereocenters. The van der Waals surface area contributed by atoms with Gasteiger partial charge in [-0.15, -0.1) is 0 Å². The van der Waals surface area contributed by atoms with E-state index >= 15 is 0 Å². The molecule has 1 aromatic carbocycles. The Bertz CT molecular complexity index is 737. The fourth-order valence-electron chi connectivity index (χ4n) is 3.11. The summed E-state index contributed by atoms with van der Waals surface area (Å²) < 4.78 is 4.88. The van der Waals surface area contributed by atoms with Gasteiger partial charge in [0.05, 0.1) is 11.8 Å². The average Bonchev–Trinajstić information content (AvgIpc) is 3.17. The fraction of sp³-hybridized carbons (Fsp3) is 0.400. The number of nitrogens with one attached hydrogen (secondary N) is 2. The second-order valence-electron chi connectivity index (χ2n) is 6.73. The van der Waals surface area contributed by atoms with E-state index in [0.717, 1.165) is 25.3 Å². The Kier molecular flexibility index (Phi) is 6.07. The van der Waals surface area contributed by atoms with Gasteiger partial charge in [-0.25, -0.2) is 0 Å². The second kappa shape index (κ2) is 8.67. The number of carbonyl (C=O) groups excluding carboxylic acids is 2. The highest BCUT2D eigenvalue weighted by Gasteiger charge is 2.17. The number of hydrogen-bond donors (Lipinski definition) is 2. The zero-order chi connectivity index (χ0) is 18.4. The zero-order valence-corrected chi connectivity index (χ0v) is 15.0. The van der Waals surface area contributed by atoms with Crippen LogP contribution in [0.25, 0.3) is 0 Å². The minimum Gasteiger partial charge on any atom is -0.472 e. The van der Waals surface area contributed by atoms with Gasteiger partial charge >= 0.3 is 0 Å². The van der Waals surface area contributed by atoms with Gasteiger partial charge in [0.1, 0.15) is 12.3 Å². The van der Waals surface area contributed by atoms with Crippen molar-refractivity contribution in [2.24, 2.45) is 0 Å². The number of nitrogens with zero attached hydrogens (tertiary/aromatic N) is 1. The van der Waals surface area contributed by atoms with Crippen molar-refractivity contribution in [2.45, 2.75) is 38.8 Å². The van der Waals surface area contributed by atoms with Gasteiger partial charge in [0.2, 0.25) is 5.91 Å². The van der Waals surface area contributed by atoms with Crippen LogP contribution in [0.5, 0.6) is 0 Å². The number of carbonyl (C=O) groups is 2. The standard InChI is InChI=1S/C20H25N3O3/c1-15(21-20(25)17-8-11-26-14-17)19(24)22-18-7-5-6-16(12-18)13-23-9-3-2-4-10-23/h5-8,11-12,14-15H,2-4,9-10,13H2,1H3,(H,21,25)(H,22,24)/t15-/m1/s1. The maximum absolute atomic E-state index is 12.4. The Morgan fingerprint density at radius 2 is 2.00 bits per heavy atom. The van der Waals surface area contributed by atoms with Crippen LogP contribution in [0, 0.1) is 0 Å². The number of anilines is 1. The summed E-state index contributed by atoms with van der Waals surface area (Å²) in [5.74, 6) is -0.586. The minimum absolute atomic E-state index is 0.253. The molecule has 1 aliphatic rings. The van der Waals surface area contributed by atoms with Crippen LogP contribution in [-0.4, -0.2) is 35.8 Å². The van der Waals surface area contributed by atoms with Crippen LogP contribution >= 0.6 is 0 Å². The van der Waals surface area contributed by atoms with Crippen molar-refractivity contribution < 1.29 is 14.0 Å². The Labute approximate surface area is 153 Å². The SMILES string of the molecule is C[C@@H](NC(=O)c1ccoc1)C(=O)Nc1cccc(CN2CCCCC2)c1. The molecule has 1 aliphatic heterocycles. The number of hydrogen-bond acceptors (Lipinski definition) is 4. The summed E-state index contributed by atoms with van der Waals surface area (Å²) >= 11 is 0. The first-order chi connectivity index (χ1) is 12.6. The summed E-state index contributed by atoms with van der Waals surface area (Å²) in [5, 5.41) is 5.54. The van der Waals surface area contributed by atoms with Crippen molar-refractivity contribution in [1.82, 2.24) is 10.2 Å². The Hall–Kier alpha value is -2.60. The van der Waals surface area contributed by atoms with E-state index in [9.17, 15) is 9.59 Å². The van der Waals surface area contributed by atoms with Crippen LogP contribution in [-0.2, 0) is 11.3 Å². The van der Waals surface area contributed by atoms with Crippen molar-refractivity contribution >= 4 is 17.5 Å². The fourth-order valence-corrected chi connectivity index (χ4v) is 3.11. The minimum atomic E-state index is -0.650. The lowest BCUT2D eigenvalue weighted by Crippen LogP contribution is -2.41. The lowest BCUT2D eigenvalue weighted by Gasteiger charge is -2.26. The van der Waals surface area contributed by atoms with Crippen molar-refractivity contribution in [1.29, 1.82) is 0 Å². The molecule has 2 heterocycles. The summed E-state index contributed by atoms with van der Waals surface area (Å²) in [6, 6.07) is 8.80. The predicted molar refractivity (Wildman–Crippen MR) is 99.8 cm³/mol. The van der Waals surface area contributed by atoms with E-state index in [2.05, 4.69) is 21.6 Å². The van der Waals surface area contributed by atoms with Crippen LogP contribution in [0.15, 0.2) is 47.3 Å². The van der Waals surface area contributed by atoms with Gasteiger partial charge < -0.3 is 15.1 Å². The van der Waals surface area contributed by atoms with E-state index in [1.807, 2.05) is 18.2 Å². The molecule has 2 aromatic rings. The predicted octanol–water partition coefficient (Wildman–Crippen LogP) is 3.02. The molecule has 0 aliphatic carbocycles. The van der Waals surface area contributed by atoms with E-state index in [0.29, 0.717) is 5.56 Å². The van der Waals surface area contributed by atoms with Gasteiger partial charge in [0.15, 0.2) is 0 Å². The molecule has 0 radical (unpaired) electrons. The quantitative estimate of drug-likeness (QED) is 0.835. The normalized spacial score (nSPS) is 16.0. The Balaban J connectivity index is 1.54. The lowest BCUT2D eigenvalue weighted by atomic mass is 10.1. The van der Waals surface area contributed by atoms with E-state index < -0.39 is 6.04 Å². The number of likely N-dealkylation sites (tertiary alicyclic amines) is 1. The summed E-state index contributed by atoms with van der Waals surface area (Å²) in [5.41, 5.74) is 2.32. The van der Waals surface area contributed by atoms with E-state index in [1.165, 1.54) is 37.4 Å². The van der Waals surface area contributed by atoms with Crippen LogP contribution in [0.4, 0.5) is 5.69 Å². The van der Waals surface area contributed by atoms with Crippen molar-refractivity contribution in [3.8, 4) is 0 Å². The van der Waals surface area contributed by atoms with E-state index in [1.54, 1.807) is 13.0 Å². The van der Waals surface area contributed by atoms with Gasteiger partial charge in [0, 0.05) is 12.2 Å². The third kappa shape index (κ3) is 4.95. The molecule has 0 bridgehead atoms. The molecule has 1 atom stereocenters. The molecular weight excluding hydrogens is 330 g/mol. The van der Waals surface area contributed by atoms with Gasteiger partial charge in [-0.05, 0) is 56.6 Å². The van der Waals surface area contributed by atoms with Gasteiger partial charge in [-0.2, -0.15) is 0 Å². The molecule has 138 valence electrons. The van der Waals surface area contributed by atoms with Crippen LogP contribution in [0.3, 0.4) is 0 Å².